The number of carbonyl (C=O) groups is 4. The fourth-order valence-electron chi connectivity index (χ4n) is 10.3. The maximum absolute atomic E-state index is 16.9. The van der Waals surface area contributed by atoms with Crippen molar-refractivity contribution in [1.82, 2.24) is 49.9 Å². The molecule has 4 aliphatic rings. The lowest BCUT2D eigenvalue weighted by Gasteiger charge is -2.30. The highest BCUT2D eigenvalue weighted by molar-refractivity contribution is 7.11. The lowest BCUT2D eigenvalue weighted by Crippen LogP contribution is -2.51. The van der Waals surface area contributed by atoms with Crippen molar-refractivity contribution < 1.29 is 37.8 Å². The Bertz CT molecular complexity index is 2920. The van der Waals surface area contributed by atoms with E-state index in [1.54, 1.807) is 33.5 Å². The van der Waals surface area contributed by atoms with Crippen molar-refractivity contribution in [1.29, 1.82) is 0 Å². The molecule has 4 amide bonds. The number of ether oxygens (including phenoxy) is 3. The number of nitrogens with zero attached hydrogens (tertiary/aromatic N) is 6. The van der Waals surface area contributed by atoms with E-state index < -0.39 is 36.3 Å². The highest BCUT2D eigenvalue weighted by Crippen LogP contribution is 2.49. The zero-order valence-electron chi connectivity index (χ0n) is 38.9. The molecule has 7 heterocycles. The molecule has 2 fully saturated rings. The number of fused-ring (bicyclic) bond motifs is 6. The van der Waals surface area contributed by atoms with Crippen LogP contribution in [0, 0.1) is 17.7 Å². The van der Waals surface area contributed by atoms with E-state index >= 15 is 4.39 Å². The van der Waals surface area contributed by atoms with Crippen molar-refractivity contribution in [3.05, 3.63) is 81.8 Å². The number of alkyl carbamates (subject to hydrolysis) is 2. The SMILES string of the molecule is COC(=O)N[C@H](C(=O)N1CCC[C@H]1c1ncc(-c2cc(F)c3c(c2)OC(c2nc4c(s2)CCC4)n2c-3cc3cc(-c4cnc([C@@H]5CCCN5C(=O)[C@@H](NC(=O)OC)C(C)C)[nH]4)ccc32)[nH]1)C(C)C. The van der Waals surface area contributed by atoms with Crippen LogP contribution in [0.3, 0.4) is 0 Å². The molecule has 3 aliphatic heterocycles. The molecule has 5 atom stereocenters. The maximum atomic E-state index is 16.9. The van der Waals surface area contributed by atoms with Gasteiger partial charge in [0.05, 0.1) is 72.6 Å². The number of aryl methyl sites for hydroxylation is 2. The average molecular weight is 947 g/mol. The number of likely N-dealkylation sites (tertiary alicyclic amines) is 2. The van der Waals surface area contributed by atoms with Gasteiger partial charge in [-0.1, -0.05) is 33.8 Å². The van der Waals surface area contributed by atoms with Gasteiger partial charge in [0.1, 0.15) is 35.3 Å². The number of benzene rings is 2. The maximum Gasteiger partial charge on any atom is 0.407 e. The predicted molar refractivity (Wildman–Crippen MR) is 251 cm³/mol. The van der Waals surface area contributed by atoms with E-state index in [0.717, 1.165) is 71.4 Å². The molecule has 1 aliphatic carbocycles. The number of hydrogen-bond donors (Lipinski definition) is 4. The quantitative estimate of drug-likeness (QED) is 0.0981. The smallest absolute Gasteiger partial charge is 0.407 e. The van der Waals surface area contributed by atoms with E-state index in [1.807, 2.05) is 62.6 Å². The summed E-state index contributed by atoms with van der Waals surface area (Å²) >= 11 is 1.64. The highest BCUT2D eigenvalue weighted by Gasteiger charge is 2.40. The van der Waals surface area contributed by atoms with Crippen LogP contribution in [0.4, 0.5) is 14.0 Å². The molecule has 68 heavy (non-hydrogen) atoms. The van der Waals surface area contributed by atoms with Crippen LogP contribution in [0.15, 0.2) is 48.8 Å². The molecule has 1 unspecified atom stereocenters. The molecule has 356 valence electrons. The second kappa shape index (κ2) is 18.0. The van der Waals surface area contributed by atoms with Crippen LogP contribution in [-0.2, 0) is 31.9 Å². The molecule has 0 radical (unpaired) electrons. The summed E-state index contributed by atoms with van der Waals surface area (Å²) in [5.74, 6) is 0.400. The van der Waals surface area contributed by atoms with Gasteiger partial charge in [0.25, 0.3) is 0 Å². The average Bonchev–Trinajstić information content (AvgIpc) is 4.18. The summed E-state index contributed by atoms with van der Waals surface area (Å²) in [6, 6.07) is 9.20. The normalized spacial score (nSPS) is 19.5. The number of rotatable bonds is 11. The topological polar surface area (TPSA) is 202 Å². The van der Waals surface area contributed by atoms with Crippen molar-refractivity contribution in [2.24, 2.45) is 11.8 Å². The van der Waals surface area contributed by atoms with E-state index in [4.69, 9.17) is 29.2 Å². The number of imidazole rings is 2. The number of thiazole rings is 1. The van der Waals surface area contributed by atoms with Crippen molar-refractivity contribution in [2.45, 2.75) is 103 Å². The first-order chi connectivity index (χ1) is 32.8. The van der Waals surface area contributed by atoms with Gasteiger partial charge in [-0.2, -0.15) is 0 Å². The zero-order chi connectivity index (χ0) is 47.5. The van der Waals surface area contributed by atoms with E-state index in [2.05, 4.69) is 20.6 Å². The second-order valence-corrected chi connectivity index (χ2v) is 19.8. The van der Waals surface area contributed by atoms with Gasteiger partial charge in [-0.05, 0) is 87.1 Å². The van der Waals surface area contributed by atoms with Crippen molar-refractivity contribution in [2.75, 3.05) is 27.3 Å². The third kappa shape index (κ3) is 8.02. The number of aromatic nitrogens is 6. The third-order valence-corrected chi connectivity index (χ3v) is 14.9. The highest BCUT2D eigenvalue weighted by atomic mass is 32.1. The van der Waals surface area contributed by atoms with Crippen LogP contribution >= 0.6 is 11.3 Å². The molecule has 17 nitrogen and oxygen atoms in total. The number of nitrogens with one attached hydrogen (secondary N) is 4. The number of halogens is 1. The van der Waals surface area contributed by atoms with Crippen molar-refractivity contribution >= 4 is 46.2 Å². The van der Waals surface area contributed by atoms with Crippen molar-refractivity contribution in [3.63, 3.8) is 0 Å². The molecular weight excluding hydrogens is 892 g/mol. The molecule has 4 N–H and O–H groups in total. The second-order valence-electron chi connectivity index (χ2n) is 18.7. The predicted octanol–water partition coefficient (Wildman–Crippen LogP) is 8.20. The van der Waals surface area contributed by atoms with Gasteiger partial charge in [-0.3, -0.25) is 14.2 Å². The van der Waals surface area contributed by atoms with E-state index in [9.17, 15) is 19.2 Å². The molecule has 2 saturated heterocycles. The molecule has 19 heteroatoms. The summed E-state index contributed by atoms with van der Waals surface area (Å²) in [7, 11) is 2.55. The summed E-state index contributed by atoms with van der Waals surface area (Å²) in [5.41, 5.74) is 5.64. The number of aromatic amines is 2. The molecule has 6 aromatic rings. The van der Waals surface area contributed by atoms with Gasteiger partial charge in [0, 0.05) is 34.5 Å². The Labute approximate surface area is 396 Å². The standard InChI is InChI=1S/C49H55FN10O7S/c1-24(2)40(56-48(63)65-5)45(61)58-16-8-11-34(58)42-51-22-31(53-42)26-14-15-33-28(18-26)20-36-39-29(50)19-27(21-37(39)67-47(60(33)36)44-55-30-10-7-13-38(30)68-44)32-23-52-43(54-32)35-12-9-17-59(35)46(62)41(25(3)4)57-49(64)66-6/h14-15,18-25,34-35,40-41,47H,7-13,16-17H2,1-6H3,(H,51,53)(H,52,54)(H,56,63)(H,57,64)/t34-,35-,40-,41-,47?/m0/s1. The fourth-order valence-corrected chi connectivity index (χ4v) is 11.4. The number of methoxy groups -OCH3 is 2. The van der Waals surface area contributed by atoms with Gasteiger partial charge >= 0.3 is 12.2 Å². The fraction of sp³-hybridized carbons (Fsp3) is 0.449. The summed E-state index contributed by atoms with van der Waals surface area (Å²) in [6.45, 7) is 8.56. The molecule has 0 saturated carbocycles. The molecule has 2 aromatic carbocycles. The van der Waals surface area contributed by atoms with Crippen LogP contribution in [0.1, 0.15) is 105 Å². The van der Waals surface area contributed by atoms with E-state index in [0.29, 0.717) is 59.4 Å². The Morgan fingerprint density at radius 3 is 1.97 bits per heavy atom. The number of hydrogen-bond acceptors (Lipinski definition) is 11. The van der Waals surface area contributed by atoms with Crippen LogP contribution in [0.5, 0.6) is 5.75 Å². The van der Waals surface area contributed by atoms with E-state index in [1.165, 1.54) is 25.2 Å². The minimum absolute atomic E-state index is 0.153. The number of carbonyl (C=O) groups excluding carboxylic acids is 4. The van der Waals surface area contributed by atoms with Gasteiger partial charge in [0.2, 0.25) is 18.0 Å². The van der Waals surface area contributed by atoms with Gasteiger partial charge in [0.15, 0.2) is 5.01 Å². The van der Waals surface area contributed by atoms with Gasteiger partial charge < -0.3 is 44.6 Å². The van der Waals surface area contributed by atoms with Crippen molar-refractivity contribution in [3.8, 4) is 39.5 Å². The first-order valence-electron chi connectivity index (χ1n) is 23.4. The number of H-pyrrole nitrogens is 2. The van der Waals surface area contributed by atoms with Crippen LogP contribution in [0.25, 0.3) is 44.7 Å². The van der Waals surface area contributed by atoms with Crippen LogP contribution in [-0.4, -0.2) is 103 Å². The van der Waals surface area contributed by atoms with Crippen LogP contribution < -0.4 is 15.4 Å². The lowest BCUT2D eigenvalue weighted by molar-refractivity contribution is -0.136. The Kier molecular flexibility index (Phi) is 12.0. The summed E-state index contributed by atoms with van der Waals surface area (Å²) in [6.07, 6.45) is 7.33. The molecule has 0 spiro atoms. The third-order valence-electron chi connectivity index (χ3n) is 13.7. The summed E-state index contributed by atoms with van der Waals surface area (Å²) in [4.78, 5) is 78.1. The minimum atomic E-state index is -0.772. The van der Waals surface area contributed by atoms with Gasteiger partial charge in [-0.25, -0.2) is 28.9 Å². The first kappa shape index (κ1) is 45.0. The summed E-state index contributed by atoms with van der Waals surface area (Å²) in [5, 5.41) is 7.05. The van der Waals surface area contributed by atoms with Crippen LogP contribution in [0.2, 0.25) is 0 Å². The molecule has 0 bridgehead atoms. The minimum Gasteiger partial charge on any atom is -0.462 e. The Morgan fingerprint density at radius 2 is 1.40 bits per heavy atom. The molecule has 10 rings (SSSR count). The zero-order valence-corrected chi connectivity index (χ0v) is 39.7. The Balaban J connectivity index is 0.966. The lowest BCUT2D eigenvalue weighted by atomic mass is 10.0. The molecule has 4 aromatic heterocycles. The summed E-state index contributed by atoms with van der Waals surface area (Å²) < 4.78 is 35.4. The first-order valence-corrected chi connectivity index (χ1v) is 24.2. The largest absolute Gasteiger partial charge is 0.462 e. The monoisotopic (exact) mass is 946 g/mol. The Hall–Kier alpha value is -6.76. The number of amides is 4. The van der Waals surface area contributed by atoms with Gasteiger partial charge in [-0.15, -0.1) is 11.3 Å². The molecular formula is C49H55FN10O7S. The Morgan fingerprint density at radius 1 is 0.794 bits per heavy atom. The van der Waals surface area contributed by atoms with E-state index in [-0.39, 0.29) is 35.7 Å².